The van der Waals surface area contributed by atoms with Crippen LogP contribution in [0.5, 0.6) is 0 Å². The standard InChI is InChI=1S/C16H23N3OS/c17-10-13-4-3-7-18(11-13)12-16(20)19-8-9-21-15-6-2-1-5-14(15)19/h1-2,5-6,13H,3-4,7-12,17H2. The Balaban J connectivity index is 1.66. The topological polar surface area (TPSA) is 49.6 Å². The number of amides is 1. The number of anilines is 1. The molecular weight excluding hydrogens is 282 g/mol. The van der Waals surface area contributed by atoms with Gasteiger partial charge in [-0.2, -0.15) is 0 Å². The summed E-state index contributed by atoms with van der Waals surface area (Å²) in [7, 11) is 0. The molecule has 21 heavy (non-hydrogen) atoms. The molecule has 1 saturated heterocycles. The van der Waals surface area contributed by atoms with E-state index in [0.29, 0.717) is 12.5 Å². The van der Waals surface area contributed by atoms with Crippen molar-refractivity contribution < 1.29 is 4.79 Å². The van der Waals surface area contributed by atoms with Crippen molar-refractivity contribution in [1.29, 1.82) is 0 Å². The summed E-state index contributed by atoms with van der Waals surface area (Å²) >= 11 is 1.84. The Kier molecular flexibility index (Phi) is 4.83. The lowest BCUT2D eigenvalue weighted by Gasteiger charge is -2.34. The molecule has 0 radical (unpaired) electrons. The predicted molar refractivity (Wildman–Crippen MR) is 87.7 cm³/mol. The molecule has 1 unspecified atom stereocenters. The van der Waals surface area contributed by atoms with Crippen LogP contribution in [-0.2, 0) is 4.79 Å². The van der Waals surface area contributed by atoms with E-state index >= 15 is 0 Å². The molecule has 0 saturated carbocycles. The summed E-state index contributed by atoms with van der Waals surface area (Å²) in [5.41, 5.74) is 6.85. The minimum absolute atomic E-state index is 0.223. The fourth-order valence-electron chi connectivity index (χ4n) is 3.19. The van der Waals surface area contributed by atoms with Gasteiger partial charge < -0.3 is 10.6 Å². The number of nitrogens with zero attached hydrogens (tertiary/aromatic N) is 2. The van der Waals surface area contributed by atoms with E-state index in [1.54, 1.807) is 0 Å². The van der Waals surface area contributed by atoms with Crippen LogP contribution in [0, 0.1) is 5.92 Å². The van der Waals surface area contributed by atoms with Crippen LogP contribution in [0.25, 0.3) is 0 Å². The number of nitrogens with two attached hydrogens (primary N) is 1. The first-order valence-corrected chi connectivity index (χ1v) is 8.71. The lowest BCUT2D eigenvalue weighted by atomic mass is 9.98. The van der Waals surface area contributed by atoms with Crippen LogP contribution in [0.15, 0.2) is 29.2 Å². The molecule has 114 valence electrons. The van der Waals surface area contributed by atoms with Crippen LogP contribution in [0.3, 0.4) is 0 Å². The van der Waals surface area contributed by atoms with Gasteiger partial charge in [0.25, 0.3) is 0 Å². The molecule has 0 aliphatic carbocycles. The summed E-state index contributed by atoms with van der Waals surface area (Å²) in [6, 6.07) is 8.20. The van der Waals surface area contributed by atoms with Gasteiger partial charge in [-0.1, -0.05) is 12.1 Å². The molecule has 0 bridgehead atoms. The van der Waals surface area contributed by atoms with E-state index in [2.05, 4.69) is 17.0 Å². The van der Waals surface area contributed by atoms with E-state index in [1.165, 1.54) is 11.3 Å². The van der Waals surface area contributed by atoms with Crippen LogP contribution in [0.1, 0.15) is 12.8 Å². The zero-order valence-electron chi connectivity index (χ0n) is 12.3. The second kappa shape index (κ2) is 6.81. The molecule has 1 amide bonds. The highest BCUT2D eigenvalue weighted by molar-refractivity contribution is 7.99. The Morgan fingerprint density at radius 1 is 1.33 bits per heavy atom. The van der Waals surface area contributed by atoms with Gasteiger partial charge in [-0.25, -0.2) is 0 Å². The van der Waals surface area contributed by atoms with Gasteiger partial charge in [-0.15, -0.1) is 11.8 Å². The van der Waals surface area contributed by atoms with E-state index in [4.69, 9.17) is 5.73 Å². The van der Waals surface area contributed by atoms with Crippen molar-refractivity contribution in [3.8, 4) is 0 Å². The fourth-order valence-corrected chi connectivity index (χ4v) is 4.19. The molecule has 2 aliphatic rings. The molecular formula is C16H23N3OS. The molecule has 2 N–H and O–H groups in total. The number of carbonyl (C=O) groups excluding carboxylic acids is 1. The summed E-state index contributed by atoms with van der Waals surface area (Å²) in [4.78, 5) is 18.1. The number of fused-ring (bicyclic) bond motifs is 1. The molecule has 0 aromatic heterocycles. The number of para-hydroxylation sites is 1. The van der Waals surface area contributed by atoms with E-state index < -0.39 is 0 Å². The van der Waals surface area contributed by atoms with Crippen molar-refractivity contribution in [3.63, 3.8) is 0 Å². The van der Waals surface area contributed by atoms with Gasteiger partial charge in [-0.05, 0) is 44.0 Å². The van der Waals surface area contributed by atoms with Crippen molar-refractivity contribution in [2.75, 3.05) is 43.4 Å². The summed E-state index contributed by atoms with van der Waals surface area (Å²) in [5.74, 6) is 1.75. The molecule has 1 aromatic rings. The summed E-state index contributed by atoms with van der Waals surface area (Å²) in [6.07, 6.45) is 2.35. The number of thioether (sulfide) groups is 1. The first-order valence-electron chi connectivity index (χ1n) is 7.72. The summed E-state index contributed by atoms with van der Waals surface area (Å²) < 4.78 is 0. The number of hydrogen-bond donors (Lipinski definition) is 1. The maximum absolute atomic E-state index is 12.7. The Hall–Kier alpha value is -1.04. The van der Waals surface area contributed by atoms with Crippen LogP contribution in [0.2, 0.25) is 0 Å². The third-order valence-electron chi connectivity index (χ3n) is 4.32. The second-order valence-corrected chi connectivity index (χ2v) is 6.98. The minimum Gasteiger partial charge on any atom is -0.330 e. The first-order chi connectivity index (χ1) is 10.3. The number of carbonyl (C=O) groups is 1. The normalized spacial score (nSPS) is 22.9. The summed E-state index contributed by atoms with van der Waals surface area (Å²) in [5, 5.41) is 0. The van der Waals surface area contributed by atoms with Gasteiger partial charge in [0.05, 0.1) is 12.2 Å². The zero-order chi connectivity index (χ0) is 14.7. The van der Waals surface area contributed by atoms with E-state index in [1.807, 2.05) is 28.8 Å². The van der Waals surface area contributed by atoms with E-state index in [9.17, 15) is 4.79 Å². The molecule has 3 rings (SSSR count). The van der Waals surface area contributed by atoms with Gasteiger partial charge in [0.2, 0.25) is 5.91 Å². The lowest BCUT2D eigenvalue weighted by molar-refractivity contribution is -0.120. The number of piperidine rings is 1. The van der Waals surface area contributed by atoms with Crippen LogP contribution in [-0.4, -0.2) is 49.3 Å². The minimum atomic E-state index is 0.223. The number of rotatable bonds is 3. The van der Waals surface area contributed by atoms with E-state index in [-0.39, 0.29) is 5.91 Å². The van der Waals surface area contributed by atoms with Crippen molar-refractivity contribution >= 4 is 23.4 Å². The predicted octanol–water partition coefficient (Wildman–Crippen LogP) is 1.80. The Bertz CT molecular complexity index is 508. The second-order valence-electron chi connectivity index (χ2n) is 5.84. The number of benzene rings is 1. The van der Waals surface area contributed by atoms with Gasteiger partial charge in [0.15, 0.2) is 0 Å². The number of hydrogen-bond acceptors (Lipinski definition) is 4. The van der Waals surface area contributed by atoms with Gasteiger partial charge in [-0.3, -0.25) is 9.69 Å². The van der Waals surface area contributed by atoms with Gasteiger partial charge >= 0.3 is 0 Å². The number of likely N-dealkylation sites (tertiary alicyclic amines) is 1. The van der Waals surface area contributed by atoms with Crippen molar-refractivity contribution in [1.82, 2.24) is 4.90 Å². The maximum Gasteiger partial charge on any atom is 0.241 e. The van der Waals surface area contributed by atoms with E-state index in [0.717, 1.165) is 44.0 Å². The third kappa shape index (κ3) is 3.42. The SMILES string of the molecule is NCC1CCCN(CC(=O)N2CCSc3ccccc32)C1. The van der Waals surface area contributed by atoms with Crippen LogP contribution in [0.4, 0.5) is 5.69 Å². The smallest absolute Gasteiger partial charge is 0.241 e. The Morgan fingerprint density at radius 3 is 3.05 bits per heavy atom. The van der Waals surface area contributed by atoms with Crippen LogP contribution >= 0.6 is 11.8 Å². The average Bonchev–Trinajstić information content (AvgIpc) is 2.54. The molecule has 4 nitrogen and oxygen atoms in total. The molecule has 1 atom stereocenters. The first kappa shape index (κ1) is 14.9. The molecule has 2 aliphatic heterocycles. The molecule has 0 spiro atoms. The highest BCUT2D eigenvalue weighted by Crippen LogP contribution is 2.34. The molecule has 2 heterocycles. The molecule has 1 aromatic carbocycles. The van der Waals surface area contributed by atoms with Crippen molar-refractivity contribution in [2.24, 2.45) is 11.7 Å². The maximum atomic E-state index is 12.7. The van der Waals surface area contributed by atoms with Crippen molar-refractivity contribution in [2.45, 2.75) is 17.7 Å². The van der Waals surface area contributed by atoms with Gasteiger partial charge in [0, 0.05) is 23.7 Å². The average molecular weight is 305 g/mol. The van der Waals surface area contributed by atoms with Gasteiger partial charge in [0.1, 0.15) is 0 Å². The lowest BCUT2D eigenvalue weighted by Crippen LogP contribution is -2.46. The highest BCUT2D eigenvalue weighted by Gasteiger charge is 2.26. The Labute approximate surface area is 130 Å². The monoisotopic (exact) mass is 305 g/mol. The largest absolute Gasteiger partial charge is 0.330 e. The molecule has 5 heteroatoms. The zero-order valence-corrected chi connectivity index (χ0v) is 13.1. The third-order valence-corrected chi connectivity index (χ3v) is 5.37. The highest BCUT2D eigenvalue weighted by atomic mass is 32.2. The quantitative estimate of drug-likeness (QED) is 0.925. The summed E-state index contributed by atoms with van der Waals surface area (Å²) in [6.45, 7) is 4.05. The van der Waals surface area contributed by atoms with Crippen LogP contribution < -0.4 is 10.6 Å². The fraction of sp³-hybridized carbons (Fsp3) is 0.562. The molecule has 1 fully saturated rings. The Morgan fingerprint density at radius 2 is 2.19 bits per heavy atom. The van der Waals surface area contributed by atoms with Crippen molar-refractivity contribution in [3.05, 3.63) is 24.3 Å².